The van der Waals surface area contributed by atoms with E-state index in [-0.39, 0.29) is 18.7 Å². The first-order chi connectivity index (χ1) is 17.8. The van der Waals surface area contributed by atoms with Crippen molar-refractivity contribution in [2.45, 2.75) is 64.1 Å². The molecule has 4 unspecified atom stereocenters. The molecule has 208 valence electrons. The van der Waals surface area contributed by atoms with Crippen LogP contribution in [0.4, 0.5) is 15.8 Å². The molecule has 0 saturated carbocycles. The topological polar surface area (TPSA) is 229 Å². The van der Waals surface area contributed by atoms with Crippen molar-refractivity contribution in [1.82, 2.24) is 16.0 Å². The molecule has 38 heavy (non-hydrogen) atoms. The molecular formula is C23H32FN7O7. The van der Waals surface area contributed by atoms with E-state index in [2.05, 4.69) is 21.3 Å². The van der Waals surface area contributed by atoms with Gasteiger partial charge in [0.05, 0.1) is 28.7 Å². The van der Waals surface area contributed by atoms with Crippen molar-refractivity contribution in [2.24, 2.45) is 17.4 Å². The largest absolute Gasteiger partial charge is 0.382 e. The molecule has 1 aliphatic rings. The second-order valence-electron chi connectivity index (χ2n) is 9.06. The standard InChI is InChI=1S/C23H32FN7O7/c1-3-11(2)18-23(36)29-16(10-17(25)32)22(35)28-15(20(26)33)6-4-5-7-27-19-13(21(34)30-18)8-12(31(37)38)9-14(19)24/h8-9,11,15-16,18,27H,3-7,10H2,1-2H3,(H2,25,32)(H2,26,33)(H,28,35)(H,29,36)(H,30,34). The van der Waals surface area contributed by atoms with E-state index in [4.69, 9.17) is 11.5 Å². The SMILES string of the molecule is CCC(C)C1NC(=O)c2cc([N+](=O)[O-])cc(F)c2NCCCCC(C(N)=O)NC(=O)C(CC(N)=O)NC1=O. The van der Waals surface area contributed by atoms with E-state index in [0.29, 0.717) is 25.3 Å². The average molecular weight is 538 g/mol. The molecular weight excluding hydrogens is 505 g/mol. The summed E-state index contributed by atoms with van der Waals surface area (Å²) in [4.78, 5) is 73.3. The molecule has 0 aromatic heterocycles. The van der Waals surface area contributed by atoms with Gasteiger partial charge >= 0.3 is 0 Å². The van der Waals surface area contributed by atoms with Gasteiger partial charge < -0.3 is 32.7 Å². The molecule has 14 nitrogen and oxygen atoms in total. The number of fused-ring (bicyclic) bond motifs is 1. The third kappa shape index (κ3) is 7.85. The Morgan fingerprint density at radius 1 is 1.13 bits per heavy atom. The van der Waals surface area contributed by atoms with Gasteiger partial charge in [-0.3, -0.25) is 34.1 Å². The number of primary amides is 2. The Morgan fingerprint density at radius 3 is 2.39 bits per heavy atom. The van der Waals surface area contributed by atoms with Crippen LogP contribution in [0.2, 0.25) is 0 Å². The second kappa shape index (κ2) is 13.3. The van der Waals surface area contributed by atoms with E-state index in [1.807, 2.05) is 0 Å². The Morgan fingerprint density at radius 2 is 1.82 bits per heavy atom. The monoisotopic (exact) mass is 537 g/mol. The highest BCUT2D eigenvalue weighted by Gasteiger charge is 2.33. The van der Waals surface area contributed by atoms with Gasteiger partial charge in [0.25, 0.3) is 11.6 Å². The fourth-order valence-electron chi connectivity index (χ4n) is 3.89. The van der Waals surface area contributed by atoms with Crippen LogP contribution in [0.1, 0.15) is 56.3 Å². The molecule has 0 fully saturated rings. The minimum atomic E-state index is -1.48. The number of nitro benzene ring substituents is 1. The third-order valence-electron chi connectivity index (χ3n) is 6.23. The smallest absolute Gasteiger partial charge is 0.273 e. The van der Waals surface area contributed by atoms with Crippen molar-refractivity contribution in [3.63, 3.8) is 0 Å². The minimum absolute atomic E-state index is 0.0889. The predicted molar refractivity (Wildman–Crippen MR) is 133 cm³/mol. The number of carbonyl (C=O) groups is 5. The van der Waals surface area contributed by atoms with Gasteiger partial charge in [-0.25, -0.2) is 4.39 Å². The van der Waals surface area contributed by atoms with Crippen LogP contribution in [-0.4, -0.2) is 59.1 Å². The molecule has 15 heteroatoms. The summed E-state index contributed by atoms with van der Waals surface area (Å²) in [7, 11) is 0. The van der Waals surface area contributed by atoms with Crippen molar-refractivity contribution in [3.05, 3.63) is 33.6 Å². The zero-order valence-electron chi connectivity index (χ0n) is 21.0. The van der Waals surface area contributed by atoms with Gasteiger partial charge in [0.1, 0.15) is 18.1 Å². The lowest BCUT2D eigenvalue weighted by molar-refractivity contribution is -0.385. The summed E-state index contributed by atoms with van der Waals surface area (Å²) >= 11 is 0. The molecule has 0 aliphatic carbocycles. The fourth-order valence-corrected chi connectivity index (χ4v) is 3.89. The van der Waals surface area contributed by atoms with Gasteiger partial charge in [-0.1, -0.05) is 20.3 Å². The highest BCUT2D eigenvalue weighted by atomic mass is 19.1. The quantitative estimate of drug-likeness (QED) is 0.210. The highest BCUT2D eigenvalue weighted by molar-refractivity contribution is 6.03. The Labute approximate surface area is 217 Å². The van der Waals surface area contributed by atoms with E-state index in [1.165, 1.54) is 0 Å². The molecule has 0 radical (unpaired) electrons. The van der Waals surface area contributed by atoms with E-state index in [0.717, 1.165) is 6.07 Å². The van der Waals surface area contributed by atoms with Crippen LogP contribution >= 0.6 is 0 Å². The van der Waals surface area contributed by atoms with Gasteiger partial charge in [-0.2, -0.15) is 0 Å². The first kappa shape index (κ1) is 29.9. The number of hydrogen-bond acceptors (Lipinski definition) is 8. The Balaban J connectivity index is 2.56. The molecule has 1 aliphatic heterocycles. The Hall–Kier alpha value is -4.30. The first-order valence-corrected chi connectivity index (χ1v) is 12.1. The first-order valence-electron chi connectivity index (χ1n) is 12.1. The van der Waals surface area contributed by atoms with Crippen molar-refractivity contribution in [2.75, 3.05) is 11.9 Å². The molecule has 4 atom stereocenters. The van der Waals surface area contributed by atoms with Gasteiger partial charge in [-0.05, 0) is 25.2 Å². The maximum absolute atomic E-state index is 14.9. The number of rotatable bonds is 6. The fraction of sp³-hybridized carbons (Fsp3) is 0.522. The normalized spacial score (nSPS) is 22.1. The number of nitrogens with zero attached hydrogens (tertiary/aromatic N) is 1. The number of non-ortho nitro benzene ring substituents is 1. The highest BCUT2D eigenvalue weighted by Crippen LogP contribution is 2.27. The maximum Gasteiger partial charge on any atom is 0.273 e. The number of carbonyl (C=O) groups excluding carboxylic acids is 5. The van der Waals surface area contributed by atoms with Crippen LogP contribution in [0.25, 0.3) is 0 Å². The van der Waals surface area contributed by atoms with Crippen LogP contribution < -0.4 is 32.7 Å². The van der Waals surface area contributed by atoms with Crippen molar-refractivity contribution < 1.29 is 33.3 Å². The molecule has 8 N–H and O–H groups in total. The molecule has 5 amide bonds. The zero-order valence-corrected chi connectivity index (χ0v) is 21.0. The number of nitro groups is 1. The predicted octanol–water partition coefficient (Wildman–Crippen LogP) is -0.195. The molecule has 0 spiro atoms. The van der Waals surface area contributed by atoms with Crippen LogP contribution in [0.15, 0.2) is 12.1 Å². The number of amides is 5. The number of halogens is 1. The Bertz CT molecular complexity index is 1110. The lowest BCUT2D eigenvalue weighted by atomic mass is 9.96. The molecule has 1 aromatic rings. The van der Waals surface area contributed by atoms with Crippen molar-refractivity contribution in [1.29, 1.82) is 0 Å². The van der Waals surface area contributed by atoms with E-state index >= 15 is 0 Å². The van der Waals surface area contributed by atoms with Crippen molar-refractivity contribution in [3.8, 4) is 0 Å². The molecule has 0 saturated heterocycles. The summed E-state index contributed by atoms with van der Waals surface area (Å²) in [6, 6.07) is -2.33. The van der Waals surface area contributed by atoms with Crippen LogP contribution in [-0.2, 0) is 19.2 Å². The number of benzene rings is 1. The third-order valence-corrected chi connectivity index (χ3v) is 6.23. The van der Waals surface area contributed by atoms with Gasteiger partial charge in [0.2, 0.25) is 23.6 Å². The van der Waals surface area contributed by atoms with E-state index < -0.39 is 82.0 Å². The van der Waals surface area contributed by atoms with Gasteiger partial charge in [0, 0.05) is 12.6 Å². The number of hydrogen-bond donors (Lipinski definition) is 6. The number of anilines is 1. The van der Waals surface area contributed by atoms with Gasteiger partial charge in [0.15, 0.2) is 5.82 Å². The van der Waals surface area contributed by atoms with Gasteiger partial charge in [-0.15, -0.1) is 0 Å². The minimum Gasteiger partial charge on any atom is -0.382 e. The molecule has 2 rings (SSSR count). The summed E-state index contributed by atoms with van der Waals surface area (Å²) < 4.78 is 14.9. The molecule has 0 bridgehead atoms. The number of nitrogens with one attached hydrogen (secondary N) is 4. The zero-order chi connectivity index (χ0) is 28.6. The summed E-state index contributed by atoms with van der Waals surface area (Å²) in [6.07, 6.45) is 0.525. The average Bonchev–Trinajstić information content (AvgIpc) is 2.84. The van der Waals surface area contributed by atoms with Crippen LogP contribution in [0, 0.1) is 21.8 Å². The lowest BCUT2D eigenvalue weighted by Gasteiger charge is -2.27. The maximum atomic E-state index is 14.9. The van der Waals surface area contributed by atoms with Crippen LogP contribution in [0.5, 0.6) is 0 Å². The second-order valence-corrected chi connectivity index (χ2v) is 9.06. The summed E-state index contributed by atoms with van der Waals surface area (Å²) in [5.74, 6) is -6.02. The van der Waals surface area contributed by atoms with Crippen LogP contribution in [0.3, 0.4) is 0 Å². The number of nitrogens with two attached hydrogens (primary N) is 2. The van der Waals surface area contributed by atoms with E-state index in [1.54, 1.807) is 13.8 Å². The summed E-state index contributed by atoms with van der Waals surface area (Å²) in [6.45, 7) is 3.46. The molecule has 1 heterocycles. The Kier molecular flexibility index (Phi) is 10.5. The summed E-state index contributed by atoms with van der Waals surface area (Å²) in [5, 5.41) is 21.3. The lowest BCUT2D eigenvalue weighted by Crippen LogP contribution is -2.58. The van der Waals surface area contributed by atoms with E-state index in [9.17, 15) is 38.5 Å². The molecule has 1 aromatic carbocycles. The van der Waals surface area contributed by atoms with Crippen molar-refractivity contribution >= 4 is 40.9 Å². The summed E-state index contributed by atoms with van der Waals surface area (Å²) in [5.41, 5.74) is 9.29.